The highest BCUT2D eigenvalue weighted by Crippen LogP contribution is 2.37. The molecule has 0 saturated carbocycles. The molecule has 4 nitrogen and oxygen atoms in total. The average molecular weight is 243 g/mol. The van der Waals surface area contributed by atoms with Crippen molar-refractivity contribution in [3.63, 3.8) is 0 Å². The fourth-order valence-electron chi connectivity index (χ4n) is 2.02. The Kier molecular flexibility index (Phi) is 2.45. The second kappa shape index (κ2) is 3.99. The molecule has 3 rings (SSSR count). The van der Waals surface area contributed by atoms with Crippen molar-refractivity contribution in [2.45, 2.75) is 12.5 Å². The molecule has 4 heteroatoms. The molecule has 0 unspecified atom stereocenters. The number of aliphatic hydroxyl groups is 1. The Morgan fingerprint density at radius 3 is 2.78 bits per heavy atom. The number of rotatable bonds is 2. The molecule has 0 amide bonds. The number of hydrogen-bond acceptors (Lipinski definition) is 4. The molecule has 0 bridgehead atoms. The summed E-state index contributed by atoms with van der Waals surface area (Å²) >= 11 is 0. The van der Waals surface area contributed by atoms with Gasteiger partial charge in [0.15, 0.2) is 11.5 Å². The molecule has 2 heterocycles. The largest absolute Gasteiger partial charge is 0.454 e. The zero-order chi connectivity index (χ0) is 12.6. The Labute approximate surface area is 105 Å². The predicted molar refractivity (Wildman–Crippen MR) is 65.5 cm³/mol. The van der Waals surface area contributed by atoms with Gasteiger partial charge in [0, 0.05) is 18.0 Å². The SMILES string of the molecule is C[C@](O)(c1cccnc1)c1ccc2c(c1)OCO2. The molecular weight excluding hydrogens is 230 g/mol. The molecule has 0 aliphatic carbocycles. The zero-order valence-electron chi connectivity index (χ0n) is 9.96. The maximum absolute atomic E-state index is 10.7. The highest BCUT2D eigenvalue weighted by atomic mass is 16.7. The number of nitrogens with zero attached hydrogens (tertiary/aromatic N) is 1. The summed E-state index contributed by atoms with van der Waals surface area (Å²) in [6.45, 7) is 1.97. The molecule has 1 aromatic carbocycles. The van der Waals surface area contributed by atoms with Crippen LogP contribution < -0.4 is 9.47 Å². The van der Waals surface area contributed by atoms with Gasteiger partial charge >= 0.3 is 0 Å². The lowest BCUT2D eigenvalue weighted by Gasteiger charge is -2.24. The fourth-order valence-corrected chi connectivity index (χ4v) is 2.02. The van der Waals surface area contributed by atoms with Crippen LogP contribution in [0.15, 0.2) is 42.7 Å². The smallest absolute Gasteiger partial charge is 0.231 e. The quantitative estimate of drug-likeness (QED) is 0.877. The van der Waals surface area contributed by atoms with Crippen molar-refractivity contribution in [3.05, 3.63) is 53.9 Å². The molecule has 92 valence electrons. The van der Waals surface area contributed by atoms with Crippen LogP contribution in [0.25, 0.3) is 0 Å². The van der Waals surface area contributed by atoms with Crippen molar-refractivity contribution in [2.24, 2.45) is 0 Å². The number of fused-ring (bicyclic) bond motifs is 1. The number of pyridine rings is 1. The molecule has 1 aliphatic rings. The first-order chi connectivity index (χ1) is 8.68. The van der Waals surface area contributed by atoms with E-state index in [-0.39, 0.29) is 6.79 Å². The highest BCUT2D eigenvalue weighted by Gasteiger charge is 2.28. The molecule has 0 radical (unpaired) electrons. The standard InChI is InChI=1S/C14H13NO3/c1-14(16,11-3-2-6-15-8-11)10-4-5-12-13(7-10)18-9-17-12/h2-8,16H,9H2,1H3/t14-/m1/s1. The van der Waals surface area contributed by atoms with Gasteiger partial charge in [0.25, 0.3) is 0 Å². The van der Waals surface area contributed by atoms with Crippen LogP contribution in [0.3, 0.4) is 0 Å². The topological polar surface area (TPSA) is 51.6 Å². The lowest BCUT2D eigenvalue weighted by molar-refractivity contribution is 0.101. The van der Waals surface area contributed by atoms with Crippen LogP contribution in [0.4, 0.5) is 0 Å². The van der Waals surface area contributed by atoms with Gasteiger partial charge < -0.3 is 14.6 Å². The molecule has 1 aliphatic heterocycles. The second-order valence-corrected chi connectivity index (χ2v) is 4.38. The van der Waals surface area contributed by atoms with Crippen molar-refractivity contribution in [2.75, 3.05) is 6.79 Å². The van der Waals surface area contributed by atoms with E-state index in [1.54, 1.807) is 31.5 Å². The van der Waals surface area contributed by atoms with Crippen LogP contribution in [0.1, 0.15) is 18.1 Å². The van der Waals surface area contributed by atoms with Gasteiger partial charge in [0.1, 0.15) is 5.60 Å². The van der Waals surface area contributed by atoms with Gasteiger partial charge in [-0.05, 0) is 30.7 Å². The first-order valence-electron chi connectivity index (χ1n) is 5.71. The van der Waals surface area contributed by atoms with E-state index < -0.39 is 5.60 Å². The van der Waals surface area contributed by atoms with E-state index in [1.807, 2.05) is 18.2 Å². The number of benzene rings is 1. The van der Waals surface area contributed by atoms with E-state index >= 15 is 0 Å². The summed E-state index contributed by atoms with van der Waals surface area (Å²) in [6.07, 6.45) is 3.34. The van der Waals surface area contributed by atoms with E-state index in [0.29, 0.717) is 11.5 Å². The summed E-state index contributed by atoms with van der Waals surface area (Å²) in [7, 11) is 0. The molecule has 0 fully saturated rings. The van der Waals surface area contributed by atoms with Crippen LogP contribution >= 0.6 is 0 Å². The van der Waals surface area contributed by atoms with Gasteiger partial charge in [-0.3, -0.25) is 4.98 Å². The monoisotopic (exact) mass is 243 g/mol. The molecule has 18 heavy (non-hydrogen) atoms. The molecule has 1 atom stereocenters. The van der Waals surface area contributed by atoms with Crippen molar-refractivity contribution >= 4 is 0 Å². The van der Waals surface area contributed by atoms with E-state index in [2.05, 4.69) is 4.98 Å². The third-order valence-corrected chi connectivity index (χ3v) is 3.16. The van der Waals surface area contributed by atoms with Gasteiger partial charge in [0.05, 0.1) is 0 Å². The van der Waals surface area contributed by atoms with Crippen LogP contribution in [-0.4, -0.2) is 16.9 Å². The van der Waals surface area contributed by atoms with Gasteiger partial charge in [-0.2, -0.15) is 0 Å². The summed E-state index contributed by atoms with van der Waals surface area (Å²) in [5, 5.41) is 10.7. The summed E-state index contributed by atoms with van der Waals surface area (Å²) in [5.41, 5.74) is 0.388. The van der Waals surface area contributed by atoms with E-state index in [1.165, 1.54) is 0 Å². The van der Waals surface area contributed by atoms with Crippen molar-refractivity contribution in [1.29, 1.82) is 0 Å². The fraction of sp³-hybridized carbons (Fsp3) is 0.214. The lowest BCUT2D eigenvalue weighted by atomic mass is 9.89. The number of hydrogen-bond donors (Lipinski definition) is 1. The molecule has 0 spiro atoms. The summed E-state index contributed by atoms with van der Waals surface area (Å²) in [4.78, 5) is 4.03. The Morgan fingerprint density at radius 2 is 2.00 bits per heavy atom. The predicted octanol–water partition coefficient (Wildman–Crippen LogP) is 2.07. The van der Waals surface area contributed by atoms with Gasteiger partial charge in [-0.1, -0.05) is 12.1 Å². The number of ether oxygens (including phenoxy) is 2. The van der Waals surface area contributed by atoms with Crippen LogP contribution in [0.5, 0.6) is 11.5 Å². The van der Waals surface area contributed by atoms with E-state index in [4.69, 9.17) is 9.47 Å². The Bertz CT molecular complexity index is 567. The van der Waals surface area contributed by atoms with Crippen molar-refractivity contribution in [3.8, 4) is 11.5 Å². The van der Waals surface area contributed by atoms with Gasteiger partial charge in [-0.25, -0.2) is 0 Å². The minimum Gasteiger partial charge on any atom is -0.454 e. The van der Waals surface area contributed by atoms with Crippen LogP contribution in [-0.2, 0) is 5.60 Å². The average Bonchev–Trinajstić information content (AvgIpc) is 2.87. The number of aromatic nitrogens is 1. The summed E-state index contributed by atoms with van der Waals surface area (Å²) in [5.74, 6) is 1.37. The maximum atomic E-state index is 10.7. The highest BCUT2D eigenvalue weighted by molar-refractivity contribution is 5.47. The van der Waals surface area contributed by atoms with E-state index in [9.17, 15) is 5.11 Å². The van der Waals surface area contributed by atoms with Crippen molar-refractivity contribution in [1.82, 2.24) is 4.98 Å². The lowest BCUT2D eigenvalue weighted by Crippen LogP contribution is -2.22. The second-order valence-electron chi connectivity index (χ2n) is 4.38. The maximum Gasteiger partial charge on any atom is 0.231 e. The van der Waals surface area contributed by atoms with Crippen LogP contribution in [0, 0.1) is 0 Å². The normalized spacial score (nSPS) is 16.3. The third kappa shape index (κ3) is 1.71. The Balaban J connectivity index is 2.04. The van der Waals surface area contributed by atoms with Gasteiger partial charge in [-0.15, -0.1) is 0 Å². The van der Waals surface area contributed by atoms with Crippen molar-refractivity contribution < 1.29 is 14.6 Å². The minimum atomic E-state index is -1.10. The zero-order valence-corrected chi connectivity index (χ0v) is 9.96. The molecular formula is C14H13NO3. The Morgan fingerprint density at radius 1 is 1.17 bits per heavy atom. The first-order valence-corrected chi connectivity index (χ1v) is 5.71. The minimum absolute atomic E-state index is 0.230. The molecule has 2 aromatic rings. The summed E-state index contributed by atoms with van der Waals surface area (Å²) < 4.78 is 10.6. The van der Waals surface area contributed by atoms with Gasteiger partial charge in [0.2, 0.25) is 6.79 Å². The molecule has 1 N–H and O–H groups in total. The molecule has 1 aromatic heterocycles. The third-order valence-electron chi connectivity index (χ3n) is 3.16. The summed E-state index contributed by atoms with van der Waals surface area (Å²) in [6, 6.07) is 9.09. The van der Waals surface area contributed by atoms with E-state index in [0.717, 1.165) is 11.1 Å². The first kappa shape index (κ1) is 11.0. The Hall–Kier alpha value is -2.07. The van der Waals surface area contributed by atoms with Crippen LogP contribution in [0.2, 0.25) is 0 Å². The molecule has 0 saturated heterocycles.